The molecule has 0 amide bonds. The lowest BCUT2D eigenvalue weighted by atomic mass is 10.1. The number of Topliss-reactive ketones (excluding diaryl/α,β-unsaturated/α-hetero) is 1. The zero-order valence-electron chi connectivity index (χ0n) is 9.21. The van der Waals surface area contributed by atoms with Gasteiger partial charge in [0.2, 0.25) is 0 Å². The number of morpholine rings is 1. The Labute approximate surface area is 85.2 Å². The van der Waals surface area contributed by atoms with Crippen LogP contribution in [0.2, 0.25) is 0 Å². The number of hydrogen-bond acceptors (Lipinski definition) is 4. The molecule has 1 rings (SSSR count). The van der Waals surface area contributed by atoms with Crippen LogP contribution in [0.4, 0.5) is 0 Å². The van der Waals surface area contributed by atoms with Gasteiger partial charge in [-0.15, -0.1) is 0 Å². The van der Waals surface area contributed by atoms with Crippen LogP contribution in [-0.2, 0) is 14.3 Å². The normalized spacial score (nSPS) is 22.2. The van der Waals surface area contributed by atoms with E-state index in [0.29, 0.717) is 13.2 Å². The summed E-state index contributed by atoms with van der Waals surface area (Å²) in [6.07, 6.45) is 0. The molecule has 0 spiro atoms. The van der Waals surface area contributed by atoms with Gasteiger partial charge in [0.05, 0.1) is 18.8 Å². The van der Waals surface area contributed by atoms with Crippen LogP contribution in [0.1, 0.15) is 13.8 Å². The van der Waals surface area contributed by atoms with Crippen molar-refractivity contribution in [2.75, 3.05) is 40.0 Å². The molecule has 0 aromatic rings. The average molecular weight is 201 g/mol. The molecular formula is C10H19NO3. The van der Waals surface area contributed by atoms with E-state index < -0.39 is 0 Å². The Morgan fingerprint density at radius 2 is 2.29 bits per heavy atom. The third-order valence-corrected chi connectivity index (χ3v) is 2.21. The maximum Gasteiger partial charge on any atom is 0.172 e. The van der Waals surface area contributed by atoms with Crippen molar-refractivity contribution in [3.05, 3.63) is 0 Å². The molecule has 1 aliphatic heterocycles. The lowest BCUT2D eigenvalue weighted by molar-refractivity contribution is -0.128. The molecule has 14 heavy (non-hydrogen) atoms. The van der Waals surface area contributed by atoms with E-state index in [1.165, 1.54) is 0 Å². The van der Waals surface area contributed by atoms with E-state index in [1.807, 2.05) is 13.8 Å². The van der Waals surface area contributed by atoms with Gasteiger partial charge >= 0.3 is 0 Å². The summed E-state index contributed by atoms with van der Waals surface area (Å²) < 4.78 is 10.3. The van der Waals surface area contributed by atoms with Crippen molar-refractivity contribution in [2.45, 2.75) is 19.4 Å². The lowest BCUT2D eigenvalue weighted by Gasteiger charge is -2.37. The van der Waals surface area contributed by atoms with Crippen molar-refractivity contribution < 1.29 is 14.3 Å². The minimum absolute atomic E-state index is 0.130. The topological polar surface area (TPSA) is 38.8 Å². The molecule has 4 heteroatoms. The van der Waals surface area contributed by atoms with Crippen molar-refractivity contribution in [1.82, 2.24) is 4.90 Å². The van der Waals surface area contributed by atoms with Crippen molar-refractivity contribution in [2.24, 2.45) is 0 Å². The molecule has 0 unspecified atom stereocenters. The van der Waals surface area contributed by atoms with Gasteiger partial charge in [0, 0.05) is 20.2 Å². The summed E-state index contributed by atoms with van der Waals surface area (Å²) >= 11 is 0. The summed E-state index contributed by atoms with van der Waals surface area (Å²) in [7, 11) is 1.54. The standard InChI is InChI=1S/C10H19NO3/c1-10(2)8-11(4-5-14-10)6-9(12)7-13-3/h4-8H2,1-3H3. The highest BCUT2D eigenvalue weighted by atomic mass is 16.5. The van der Waals surface area contributed by atoms with Crippen LogP contribution in [0.15, 0.2) is 0 Å². The molecule has 1 fully saturated rings. The van der Waals surface area contributed by atoms with Crippen LogP contribution in [0.25, 0.3) is 0 Å². The van der Waals surface area contributed by atoms with E-state index in [-0.39, 0.29) is 18.0 Å². The van der Waals surface area contributed by atoms with Gasteiger partial charge in [-0.1, -0.05) is 0 Å². The molecule has 1 heterocycles. The molecule has 0 aliphatic carbocycles. The predicted molar refractivity (Wildman–Crippen MR) is 53.4 cm³/mol. The second-order valence-electron chi connectivity index (χ2n) is 4.29. The maximum absolute atomic E-state index is 11.3. The summed E-state index contributed by atoms with van der Waals surface area (Å²) in [6, 6.07) is 0. The smallest absolute Gasteiger partial charge is 0.172 e. The van der Waals surface area contributed by atoms with Gasteiger partial charge in [0.25, 0.3) is 0 Å². The average Bonchev–Trinajstić information content (AvgIpc) is 2.02. The molecule has 0 atom stereocenters. The van der Waals surface area contributed by atoms with E-state index in [0.717, 1.165) is 13.1 Å². The number of ketones is 1. The monoisotopic (exact) mass is 201 g/mol. The van der Waals surface area contributed by atoms with Crippen LogP contribution in [-0.4, -0.2) is 56.2 Å². The van der Waals surface area contributed by atoms with Crippen LogP contribution >= 0.6 is 0 Å². The first-order chi connectivity index (χ1) is 6.53. The molecule has 82 valence electrons. The Morgan fingerprint density at radius 3 is 2.86 bits per heavy atom. The summed E-state index contributed by atoms with van der Waals surface area (Å²) in [5.74, 6) is 0.130. The highest BCUT2D eigenvalue weighted by Crippen LogP contribution is 2.15. The Bertz CT molecular complexity index is 204. The molecule has 0 bridgehead atoms. The first-order valence-electron chi connectivity index (χ1n) is 4.90. The highest BCUT2D eigenvalue weighted by Gasteiger charge is 2.27. The predicted octanol–water partition coefficient (Wildman–Crippen LogP) is 0.313. The molecule has 1 saturated heterocycles. The van der Waals surface area contributed by atoms with Crippen molar-refractivity contribution in [3.8, 4) is 0 Å². The van der Waals surface area contributed by atoms with E-state index in [1.54, 1.807) is 7.11 Å². The van der Waals surface area contributed by atoms with Crippen LogP contribution < -0.4 is 0 Å². The molecule has 1 aliphatic rings. The van der Waals surface area contributed by atoms with E-state index in [2.05, 4.69) is 4.90 Å². The third-order valence-electron chi connectivity index (χ3n) is 2.21. The maximum atomic E-state index is 11.3. The number of carbonyl (C=O) groups excluding carboxylic acids is 1. The minimum atomic E-state index is -0.133. The third kappa shape index (κ3) is 3.74. The van der Waals surface area contributed by atoms with Crippen LogP contribution in [0.3, 0.4) is 0 Å². The Hall–Kier alpha value is -0.450. The molecule has 0 saturated carbocycles. The number of nitrogens with zero attached hydrogens (tertiary/aromatic N) is 1. The van der Waals surface area contributed by atoms with Gasteiger partial charge in [-0.3, -0.25) is 9.69 Å². The minimum Gasteiger partial charge on any atom is -0.377 e. The van der Waals surface area contributed by atoms with Crippen LogP contribution in [0, 0.1) is 0 Å². The quantitative estimate of drug-likeness (QED) is 0.656. The van der Waals surface area contributed by atoms with Gasteiger partial charge in [-0.05, 0) is 13.8 Å². The van der Waals surface area contributed by atoms with Crippen LogP contribution in [0.5, 0.6) is 0 Å². The van der Waals surface area contributed by atoms with Gasteiger partial charge in [0.15, 0.2) is 5.78 Å². The summed E-state index contributed by atoms with van der Waals surface area (Å²) in [4.78, 5) is 13.4. The fraction of sp³-hybridized carbons (Fsp3) is 0.900. The summed E-state index contributed by atoms with van der Waals surface area (Å²) in [5, 5.41) is 0. The Balaban J connectivity index is 2.34. The second kappa shape index (κ2) is 4.87. The van der Waals surface area contributed by atoms with Crippen molar-refractivity contribution >= 4 is 5.78 Å². The molecule has 0 aromatic heterocycles. The fourth-order valence-corrected chi connectivity index (χ4v) is 1.71. The number of methoxy groups -OCH3 is 1. The summed E-state index contributed by atoms with van der Waals surface area (Å²) in [6.45, 7) is 7.10. The first kappa shape index (κ1) is 11.6. The Kier molecular flexibility index (Phi) is 4.04. The second-order valence-corrected chi connectivity index (χ2v) is 4.29. The number of ether oxygens (including phenoxy) is 2. The largest absolute Gasteiger partial charge is 0.377 e. The van der Waals surface area contributed by atoms with Gasteiger partial charge < -0.3 is 9.47 Å². The van der Waals surface area contributed by atoms with Crippen molar-refractivity contribution in [1.29, 1.82) is 0 Å². The Morgan fingerprint density at radius 1 is 1.57 bits per heavy atom. The highest BCUT2D eigenvalue weighted by molar-refractivity contribution is 5.81. The van der Waals surface area contributed by atoms with Gasteiger partial charge in [-0.25, -0.2) is 0 Å². The molecule has 0 N–H and O–H groups in total. The number of hydrogen-bond donors (Lipinski definition) is 0. The zero-order valence-corrected chi connectivity index (χ0v) is 9.21. The van der Waals surface area contributed by atoms with E-state index in [4.69, 9.17) is 9.47 Å². The van der Waals surface area contributed by atoms with Crippen molar-refractivity contribution in [3.63, 3.8) is 0 Å². The summed E-state index contributed by atoms with van der Waals surface area (Å²) in [5.41, 5.74) is -0.133. The lowest BCUT2D eigenvalue weighted by Crippen LogP contribution is -2.50. The zero-order chi connectivity index (χ0) is 10.6. The first-order valence-corrected chi connectivity index (χ1v) is 4.90. The fourth-order valence-electron chi connectivity index (χ4n) is 1.71. The van der Waals surface area contributed by atoms with E-state index in [9.17, 15) is 4.79 Å². The van der Waals surface area contributed by atoms with Gasteiger partial charge in [-0.2, -0.15) is 0 Å². The molecular weight excluding hydrogens is 182 g/mol. The van der Waals surface area contributed by atoms with Gasteiger partial charge in [0.1, 0.15) is 6.61 Å². The molecule has 0 aromatic carbocycles. The number of rotatable bonds is 4. The SMILES string of the molecule is COCC(=O)CN1CCOC(C)(C)C1. The molecule has 0 radical (unpaired) electrons. The molecule has 4 nitrogen and oxygen atoms in total. The van der Waals surface area contributed by atoms with E-state index >= 15 is 0 Å². The number of carbonyl (C=O) groups is 1.